The Kier molecular flexibility index (Phi) is 8.40. The largest absolute Gasteiger partial charge is 0.497 e. The summed E-state index contributed by atoms with van der Waals surface area (Å²) >= 11 is 0. The number of ether oxygens (including phenoxy) is 3. The van der Waals surface area contributed by atoms with E-state index in [0.717, 1.165) is 25.0 Å². The second kappa shape index (κ2) is 12.3. The molecule has 9 heteroatoms. The number of carbonyl (C=O) groups excluding carboxylic acids is 1. The highest BCUT2D eigenvalue weighted by Gasteiger charge is 2.29. The van der Waals surface area contributed by atoms with E-state index < -0.39 is 11.6 Å². The van der Waals surface area contributed by atoms with Gasteiger partial charge in [0.15, 0.2) is 11.6 Å². The molecule has 0 bridgehead atoms. The highest BCUT2D eigenvalue weighted by Crippen LogP contribution is 2.34. The predicted octanol–water partition coefficient (Wildman–Crippen LogP) is 6.34. The number of amides is 1. The first kappa shape index (κ1) is 27.3. The van der Waals surface area contributed by atoms with Crippen molar-refractivity contribution < 1.29 is 27.8 Å². The summed E-state index contributed by atoms with van der Waals surface area (Å²) in [7, 11) is 1.58. The molecule has 1 aliphatic rings. The quantitative estimate of drug-likeness (QED) is 0.232. The van der Waals surface area contributed by atoms with E-state index in [-0.39, 0.29) is 30.2 Å². The zero-order valence-corrected chi connectivity index (χ0v) is 22.5. The van der Waals surface area contributed by atoms with Crippen molar-refractivity contribution >= 4 is 5.91 Å². The molecule has 5 rings (SSSR count). The molecular formula is C31H31F2N3O4. The van der Waals surface area contributed by atoms with Crippen LogP contribution in [0.1, 0.15) is 41.4 Å². The number of halogens is 2. The van der Waals surface area contributed by atoms with E-state index in [9.17, 15) is 13.6 Å². The van der Waals surface area contributed by atoms with Gasteiger partial charge in [0, 0.05) is 24.8 Å². The second-order valence-corrected chi connectivity index (χ2v) is 9.56. The Hall–Kier alpha value is -4.24. The van der Waals surface area contributed by atoms with Gasteiger partial charge in [-0.25, -0.2) is 13.5 Å². The Morgan fingerprint density at radius 1 is 1.10 bits per heavy atom. The van der Waals surface area contributed by atoms with E-state index in [1.807, 2.05) is 37.3 Å². The minimum Gasteiger partial charge on any atom is -0.497 e. The Morgan fingerprint density at radius 3 is 2.52 bits per heavy atom. The maximum atomic E-state index is 14.8. The van der Waals surface area contributed by atoms with E-state index in [1.54, 1.807) is 41.0 Å². The molecule has 0 saturated carbocycles. The van der Waals surface area contributed by atoms with Crippen molar-refractivity contribution in [2.75, 3.05) is 20.3 Å². The Bertz CT molecular complexity index is 1450. The van der Waals surface area contributed by atoms with Crippen LogP contribution in [0.3, 0.4) is 0 Å². The SMILES string of the molecule is CCc1nn(-c2ccc(OC)cc2)c(Oc2ccc(F)cc2F)c1CN(C[C@H]1CCCO1)C(=O)c1ccccc1. The highest BCUT2D eigenvalue weighted by molar-refractivity contribution is 5.94. The summed E-state index contributed by atoms with van der Waals surface area (Å²) in [5.41, 5.74) is 2.52. The summed E-state index contributed by atoms with van der Waals surface area (Å²) in [6.45, 7) is 3.15. The predicted molar refractivity (Wildman–Crippen MR) is 146 cm³/mol. The topological polar surface area (TPSA) is 65.8 Å². The molecule has 4 aromatic rings. The van der Waals surface area contributed by atoms with Crippen LogP contribution in [0, 0.1) is 11.6 Å². The van der Waals surface area contributed by atoms with Crippen LogP contribution in [0.2, 0.25) is 0 Å². The smallest absolute Gasteiger partial charge is 0.254 e. The maximum Gasteiger partial charge on any atom is 0.254 e. The van der Waals surface area contributed by atoms with Crippen molar-refractivity contribution in [3.63, 3.8) is 0 Å². The Balaban J connectivity index is 1.60. The summed E-state index contributed by atoms with van der Waals surface area (Å²) in [5, 5.41) is 4.80. The summed E-state index contributed by atoms with van der Waals surface area (Å²) in [4.78, 5) is 15.5. The van der Waals surface area contributed by atoms with Crippen LogP contribution in [0.4, 0.5) is 8.78 Å². The fourth-order valence-corrected chi connectivity index (χ4v) is 4.79. The molecule has 40 heavy (non-hydrogen) atoms. The number of aromatic nitrogens is 2. The third kappa shape index (κ3) is 5.99. The number of benzene rings is 3. The molecule has 0 unspecified atom stereocenters. The Morgan fingerprint density at radius 2 is 1.88 bits per heavy atom. The average molecular weight is 548 g/mol. The van der Waals surface area contributed by atoms with Crippen LogP contribution in [-0.4, -0.2) is 47.0 Å². The van der Waals surface area contributed by atoms with E-state index in [1.165, 1.54) is 6.07 Å². The molecule has 0 radical (unpaired) electrons. The van der Waals surface area contributed by atoms with Gasteiger partial charge in [0.1, 0.15) is 11.6 Å². The van der Waals surface area contributed by atoms with Gasteiger partial charge in [-0.1, -0.05) is 25.1 Å². The minimum atomic E-state index is -0.844. The first-order valence-corrected chi connectivity index (χ1v) is 13.3. The molecule has 1 aromatic heterocycles. The lowest BCUT2D eigenvalue weighted by Crippen LogP contribution is -2.37. The average Bonchev–Trinajstić information content (AvgIpc) is 3.62. The van der Waals surface area contributed by atoms with Gasteiger partial charge < -0.3 is 19.1 Å². The van der Waals surface area contributed by atoms with Gasteiger partial charge in [0.05, 0.1) is 36.7 Å². The van der Waals surface area contributed by atoms with Crippen LogP contribution in [0.25, 0.3) is 5.69 Å². The summed E-state index contributed by atoms with van der Waals surface area (Å²) < 4.78 is 47.3. The number of hydrogen-bond acceptors (Lipinski definition) is 5. The zero-order valence-electron chi connectivity index (χ0n) is 22.5. The fraction of sp³-hybridized carbons (Fsp3) is 0.290. The van der Waals surface area contributed by atoms with Gasteiger partial charge in [-0.2, -0.15) is 5.10 Å². The van der Waals surface area contributed by atoms with Crippen LogP contribution >= 0.6 is 0 Å². The number of rotatable bonds is 10. The third-order valence-corrected chi connectivity index (χ3v) is 6.88. The highest BCUT2D eigenvalue weighted by atomic mass is 19.1. The van der Waals surface area contributed by atoms with Crippen molar-refractivity contribution in [2.24, 2.45) is 0 Å². The minimum absolute atomic E-state index is 0.0896. The second-order valence-electron chi connectivity index (χ2n) is 9.56. The lowest BCUT2D eigenvalue weighted by molar-refractivity contribution is 0.0505. The molecule has 1 atom stereocenters. The molecule has 1 aliphatic heterocycles. The summed E-state index contributed by atoms with van der Waals surface area (Å²) in [6, 6.07) is 19.4. The van der Waals surface area contributed by atoms with Crippen LogP contribution < -0.4 is 9.47 Å². The van der Waals surface area contributed by atoms with Gasteiger partial charge in [-0.15, -0.1) is 0 Å². The van der Waals surface area contributed by atoms with Gasteiger partial charge in [-0.05, 0) is 67.8 Å². The fourth-order valence-electron chi connectivity index (χ4n) is 4.79. The Labute approximate surface area is 231 Å². The molecule has 2 heterocycles. The third-order valence-electron chi connectivity index (χ3n) is 6.88. The number of aryl methyl sites for hydroxylation is 1. The van der Waals surface area contributed by atoms with Crippen molar-refractivity contribution in [3.8, 4) is 23.1 Å². The van der Waals surface area contributed by atoms with E-state index in [4.69, 9.17) is 19.3 Å². The molecule has 208 valence electrons. The van der Waals surface area contributed by atoms with Gasteiger partial charge in [0.25, 0.3) is 5.91 Å². The number of nitrogens with zero attached hydrogens (tertiary/aromatic N) is 3. The summed E-state index contributed by atoms with van der Waals surface area (Å²) in [6.07, 6.45) is 2.24. The van der Waals surface area contributed by atoms with E-state index >= 15 is 0 Å². The monoisotopic (exact) mass is 547 g/mol. The van der Waals surface area contributed by atoms with Gasteiger partial charge >= 0.3 is 0 Å². The van der Waals surface area contributed by atoms with Crippen molar-refractivity contribution in [1.29, 1.82) is 0 Å². The zero-order chi connectivity index (χ0) is 28.1. The van der Waals surface area contributed by atoms with Crippen LogP contribution in [0.5, 0.6) is 17.4 Å². The van der Waals surface area contributed by atoms with Crippen molar-refractivity contribution in [2.45, 2.75) is 38.8 Å². The summed E-state index contributed by atoms with van der Waals surface area (Å²) in [5.74, 6) is -0.961. The molecular weight excluding hydrogens is 516 g/mol. The molecule has 0 N–H and O–H groups in total. The standard InChI is InChI=1S/C31H31F2N3O4/c1-3-28-26(20-35(19-25-10-7-17-39-25)30(37)21-8-5-4-6-9-21)31(40-29-16-11-22(32)18-27(29)33)36(34-28)23-12-14-24(38-2)15-13-23/h4-6,8-9,11-16,18,25H,3,7,10,17,19-20H2,1-2H3/t25-/m1/s1. The van der Waals surface area contributed by atoms with Crippen LogP contribution in [-0.2, 0) is 17.7 Å². The van der Waals surface area contributed by atoms with E-state index in [0.29, 0.717) is 47.8 Å². The molecule has 1 fully saturated rings. The molecule has 7 nitrogen and oxygen atoms in total. The molecule has 1 amide bonds. The van der Waals surface area contributed by atoms with Crippen molar-refractivity contribution in [3.05, 3.63) is 101 Å². The first-order chi connectivity index (χ1) is 19.5. The van der Waals surface area contributed by atoms with Crippen LogP contribution in [0.15, 0.2) is 72.8 Å². The number of carbonyl (C=O) groups is 1. The van der Waals surface area contributed by atoms with E-state index in [2.05, 4.69) is 0 Å². The molecule has 0 aliphatic carbocycles. The molecule has 3 aromatic carbocycles. The van der Waals surface area contributed by atoms with Gasteiger partial charge in [0.2, 0.25) is 5.88 Å². The first-order valence-electron chi connectivity index (χ1n) is 13.3. The lowest BCUT2D eigenvalue weighted by atomic mass is 10.1. The normalized spacial score (nSPS) is 14.8. The van der Waals surface area contributed by atoms with Crippen molar-refractivity contribution in [1.82, 2.24) is 14.7 Å². The maximum absolute atomic E-state index is 14.8. The number of hydrogen-bond donors (Lipinski definition) is 0. The number of methoxy groups -OCH3 is 1. The molecule has 0 spiro atoms. The van der Waals surface area contributed by atoms with Gasteiger partial charge in [-0.3, -0.25) is 4.79 Å². The lowest BCUT2D eigenvalue weighted by Gasteiger charge is -2.26. The molecule has 1 saturated heterocycles.